The van der Waals surface area contributed by atoms with Gasteiger partial charge in [0.05, 0.1) is 10.6 Å². The first kappa shape index (κ1) is 14.2. The van der Waals surface area contributed by atoms with Gasteiger partial charge in [0.15, 0.2) is 0 Å². The van der Waals surface area contributed by atoms with E-state index in [1.807, 2.05) is 0 Å². The fourth-order valence-electron chi connectivity index (χ4n) is 2.68. The van der Waals surface area contributed by atoms with Gasteiger partial charge in [0, 0.05) is 11.6 Å². The third kappa shape index (κ3) is 2.57. The number of nitrogens with one attached hydrogen (secondary N) is 1. The monoisotopic (exact) mass is 301 g/mol. The van der Waals surface area contributed by atoms with Crippen LogP contribution < -0.4 is 5.32 Å². The molecule has 1 heterocycles. The van der Waals surface area contributed by atoms with Crippen LogP contribution in [0, 0.1) is 16.0 Å². The first-order valence-corrected chi connectivity index (χ1v) is 7.08. The van der Waals surface area contributed by atoms with E-state index in [4.69, 9.17) is 4.52 Å². The van der Waals surface area contributed by atoms with Crippen molar-refractivity contribution >= 4 is 17.5 Å². The van der Waals surface area contributed by atoms with E-state index >= 15 is 0 Å². The summed E-state index contributed by atoms with van der Waals surface area (Å²) < 4.78 is 5.21. The molecule has 3 rings (SSSR count). The molecule has 7 heteroatoms. The Morgan fingerprint density at radius 2 is 2.23 bits per heavy atom. The van der Waals surface area contributed by atoms with Gasteiger partial charge in [-0.15, -0.1) is 0 Å². The number of nitro benzene ring substituents is 1. The highest BCUT2D eigenvalue weighted by molar-refractivity contribution is 6.06. The van der Waals surface area contributed by atoms with Crippen molar-refractivity contribution in [2.75, 3.05) is 5.32 Å². The van der Waals surface area contributed by atoms with Crippen LogP contribution in [0.4, 0.5) is 11.6 Å². The standard InChI is InChI=1S/C15H15N3O4/c1-9-6-7-12-11(8-9)15(22-17-12)16-14(19)10-4-2-3-5-13(10)18(20)21/h2-5,9H,6-8H2,1H3,(H,16,19)/t9-/m1/s1. The number of benzene rings is 1. The average molecular weight is 301 g/mol. The second-order valence-electron chi connectivity index (χ2n) is 5.51. The summed E-state index contributed by atoms with van der Waals surface area (Å²) in [6.45, 7) is 2.13. The van der Waals surface area contributed by atoms with Crippen molar-refractivity contribution in [2.24, 2.45) is 5.92 Å². The Morgan fingerprint density at radius 3 is 3.00 bits per heavy atom. The molecule has 1 amide bonds. The zero-order chi connectivity index (χ0) is 15.7. The minimum atomic E-state index is -0.577. The Labute approximate surface area is 126 Å². The Kier molecular flexibility index (Phi) is 3.62. The van der Waals surface area contributed by atoms with Gasteiger partial charge in [-0.1, -0.05) is 24.2 Å². The predicted molar refractivity (Wildman–Crippen MR) is 78.7 cm³/mol. The maximum absolute atomic E-state index is 12.3. The Hall–Kier alpha value is -2.70. The molecule has 0 aliphatic heterocycles. The lowest BCUT2D eigenvalue weighted by atomic mass is 9.89. The lowest BCUT2D eigenvalue weighted by molar-refractivity contribution is -0.385. The van der Waals surface area contributed by atoms with Gasteiger partial charge >= 0.3 is 0 Å². The summed E-state index contributed by atoms with van der Waals surface area (Å²) in [4.78, 5) is 22.7. The third-order valence-corrected chi connectivity index (χ3v) is 3.87. The highest BCUT2D eigenvalue weighted by Gasteiger charge is 2.26. The number of para-hydroxylation sites is 1. The van der Waals surface area contributed by atoms with Gasteiger partial charge in [-0.25, -0.2) is 0 Å². The summed E-state index contributed by atoms with van der Waals surface area (Å²) in [5.41, 5.74) is 1.52. The van der Waals surface area contributed by atoms with Crippen molar-refractivity contribution in [1.82, 2.24) is 5.16 Å². The van der Waals surface area contributed by atoms with E-state index in [0.29, 0.717) is 11.8 Å². The molecule has 1 aliphatic carbocycles. The molecule has 0 saturated carbocycles. The lowest BCUT2D eigenvalue weighted by Crippen LogP contribution is -2.16. The van der Waals surface area contributed by atoms with Gasteiger partial charge in [-0.3, -0.25) is 20.2 Å². The molecule has 0 spiro atoms. The van der Waals surface area contributed by atoms with Crippen LogP contribution in [0.15, 0.2) is 28.8 Å². The van der Waals surface area contributed by atoms with Crippen LogP contribution in [0.25, 0.3) is 0 Å². The molecule has 0 saturated heterocycles. The fourth-order valence-corrected chi connectivity index (χ4v) is 2.68. The average Bonchev–Trinajstić information content (AvgIpc) is 2.89. The molecule has 0 fully saturated rings. The first-order valence-electron chi connectivity index (χ1n) is 7.08. The zero-order valence-electron chi connectivity index (χ0n) is 12.0. The van der Waals surface area contributed by atoms with E-state index < -0.39 is 10.8 Å². The largest absolute Gasteiger partial charge is 0.338 e. The summed E-state index contributed by atoms with van der Waals surface area (Å²) in [6, 6.07) is 5.82. The fraction of sp³-hybridized carbons (Fsp3) is 0.333. The number of amides is 1. The van der Waals surface area contributed by atoms with Crippen molar-refractivity contribution in [3.8, 4) is 0 Å². The third-order valence-electron chi connectivity index (χ3n) is 3.87. The van der Waals surface area contributed by atoms with Gasteiger partial charge in [0.2, 0.25) is 5.88 Å². The van der Waals surface area contributed by atoms with Gasteiger partial charge in [-0.2, -0.15) is 0 Å². The van der Waals surface area contributed by atoms with Crippen LogP contribution >= 0.6 is 0 Å². The second kappa shape index (κ2) is 5.59. The van der Waals surface area contributed by atoms with Gasteiger partial charge in [0.1, 0.15) is 5.56 Å². The van der Waals surface area contributed by atoms with Gasteiger partial charge in [0.25, 0.3) is 11.6 Å². The number of aromatic nitrogens is 1. The van der Waals surface area contributed by atoms with E-state index in [2.05, 4.69) is 17.4 Å². The molecule has 1 aliphatic rings. The molecule has 7 nitrogen and oxygen atoms in total. The molecule has 0 bridgehead atoms. The van der Waals surface area contributed by atoms with Crippen molar-refractivity contribution in [1.29, 1.82) is 0 Å². The number of nitro groups is 1. The van der Waals surface area contributed by atoms with Crippen LogP contribution in [0.5, 0.6) is 0 Å². The van der Waals surface area contributed by atoms with Crippen molar-refractivity contribution in [3.63, 3.8) is 0 Å². The second-order valence-corrected chi connectivity index (χ2v) is 5.51. The summed E-state index contributed by atoms with van der Waals surface area (Å²) >= 11 is 0. The van der Waals surface area contributed by atoms with Crippen LogP contribution in [0.1, 0.15) is 35.0 Å². The van der Waals surface area contributed by atoms with Gasteiger partial charge < -0.3 is 4.52 Å². The minimum absolute atomic E-state index is 0.00140. The number of fused-ring (bicyclic) bond motifs is 1. The van der Waals surface area contributed by atoms with Crippen LogP contribution in [-0.4, -0.2) is 16.0 Å². The molecule has 114 valence electrons. The van der Waals surface area contributed by atoms with Gasteiger partial charge in [-0.05, 0) is 31.2 Å². The number of anilines is 1. The maximum atomic E-state index is 12.3. The number of aryl methyl sites for hydroxylation is 1. The molecule has 0 unspecified atom stereocenters. The number of hydrogen-bond donors (Lipinski definition) is 1. The molecule has 1 atom stereocenters. The van der Waals surface area contributed by atoms with E-state index in [0.717, 1.165) is 30.5 Å². The van der Waals surface area contributed by atoms with Crippen LogP contribution in [0.3, 0.4) is 0 Å². The summed E-state index contributed by atoms with van der Waals surface area (Å²) in [5, 5.41) is 17.6. The van der Waals surface area contributed by atoms with E-state index in [-0.39, 0.29) is 11.3 Å². The van der Waals surface area contributed by atoms with E-state index in [1.54, 1.807) is 6.07 Å². The smallest absolute Gasteiger partial charge is 0.282 e. The van der Waals surface area contributed by atoms with E-state index in [1.165, 1.54) is 18.2 Å². The molecule has 1 N–H and O–H groups in total. The normalized spacial score (nSPS) is 16.9. The number of rotatable bonds is 3. The molecular formula is C15H15N3O4. The number of hydrogen-bond acceptors (Lipinski definition) is 5. The zero-order valence-corrected chi connectivity index (χ0v) is 12.0. The molecule has 0 radical (unpaired) electrons. The highest BCUT2D eigenvalue weighted by Crippen LogP contribution is 2.31. The minimum Gasteiger partial charge on any atom is -0.338 e. The number of nitrogens with zero attached hydrogens (tertiary/aromatic N) is 2. The van der Waals surface area contributed by atoms with Crippen molar-refractivity contribution in [2.45, 2.75) is 26.2 Å². The SMILES string of the molecule is C[C@@H]1CCc2noc(NC(=O)c3ccccc3[N+](=O)[O-])c2C1. The topological polar surface area (TPSA) is 98.3 Å². The summed E-state index contributed by atoms with van der Waals surface area (Å²) in [6.07, 6.45) is 2.64. The number of carbonyl (C=O) groups is 1. The van der Waals surface area contributed by atoms with Crippen molar-refractivity contribution < 1.29 is 14.2 Å². The maximum Gasteiger partial charge on any atom is 0.282 e. The van der Waals surface area contributed by atoms with E-state index in [9.17, 15) is 14.9 Å². The predicted octanol–water partition coefficient (Wildman–Crippen LogP) is 2.96. The molecule has 1 aromatic carbocycles. The lowest BCUT2D eigenvalue weighted by Gasteiger charge is -2.16. The Balaban J connectivity index is 1.87. The molecule has 1 aromatic heterocycles. The first-order chi connectivity index (χ1) is 10.6. The summed E-state index contributed by atoms with van der Waals surface area (Å²) in [7, 11) is 0. The Morgan fingerprint density at radius 1 is 1.45 bits per heavy atom. The molecule has 22 heavy (non-hydrogen) atoms. The molecular weight excluding hydrogens is 286 g/mol. The Bertz CT molecular complexity index is 738. The quantitative estimate of drug-likeness (QED) is 0.694. The highest BCUT2D eigenvalue weighted by atomic mass is 16.6. The van der Waals surface area contributed by atoms with Crippen molar-refractivity contribution in [3.05, 3.63) is 51.2 Å². The summed E-state index contributed by atoms with van der Waals surface area (Å²) in [5.74, 6) is 0.225. The molecule has 2 aromatic rings. The van der Waals surface area contributed by atoms with Crippen LogP contribution in [-0.2, 0) is 12.8 Å². The van der Waals surface area contributed by atoms with Crippen LogP contribution in [0.2, 0.25) is 0 Å². The number of carbonyl (C=O) groups excluding carboxylic acids is 1.